The summed E-state index contributed by atoms with van der Waals surface area (Å²) in [5.41, 5.74) is -0.919. The van der Waals surface area contributed by atoms with Gasteiger partial charge in [0.1, 0.15) is 5.75 Å². The number of amides is 1. The zero-order chi connectivity index (χ0) is 23.3. The van der Waals surface area contributed by atoms with Crippen LogP contribution in [-0.2, 0) is 22.3 Å². The number of halogens is 4. The monoisotopic (exact) mass is 470 g/mol. The van der Waals surface area contributed by atoms with Gasteiger partial charge in [0, 0.05) is 13.1 Å². The topological polar surface area (TPSA) is 116 Å². The number of rotatable bonds is 7. The first-order valence-corrected chi connectivity index (χ1v) is 9.21. The van der Waals surface area contributed by atoms with Crippen molar-refractivity contribution in [2.24, 2.45) is 0 Å². The maximum Gasteiger partial charge on any atom is 0.417 e. The molecule has 168 valence electrons. The zero-order valence-corrected chi connectivity index (χ0v) is 17.0. The van der Waals surface area contributed by atoms with Crippen LogP contribution in [0.4, 0.5) is 19.0 Å². The summed E-state index contributed by atoms with van der Waals surface area (Å²) in [6.45, 7) is 1.01. The van der Waals surface area contributed by atoms with Crippen LogP contribution in [0.2, 0.25) is 5.02 Å². The van der Waals surface area contributed by atoms with E-state index in [4.69, 9.17) is 25.6 Å². The number of hydrogen-bond acceptors (Lipinski definition) is 8. The third-order valence-electron chi connectivity index (χ3n) is 3.79. The first-order valence-electron chi connectivity index (χ1n) is 8.83. The number of anilines is 1. The summed E-state index contributed by atoms with van der Waals surface area (Å²) < 4.78 is 53.0. The van der Waals surface area contributed by atoms with Crippen molar-refractivity contribution >= 4 is 29.3 Å². The minimum Gasteiger partial charge on any atom is -0.485 e. The molecule has 2 heterocycles. The highest BCUT2D eigenvalue weighted by Crippen LogP contribution is 2.32. The maximum absolute atomic E-state index is 12.6. The van der Waals surface area contributed by atoms with Gasteiger partial charge in [-0.05, 0) is 30.3 Å². The lowest BCUT2D eigenvalue weighted by Gasteiger charge is -2.10. The van der Waals surface area contributed by atoms with Crippen LogP contribution in [0.1, 0.15) is 27.6 Å². The Hall–Kier alpha value is -3.67. The van der Waals surface area contributed by atoms with E-state index in [1.54, 1.807) is 6.92 Å². The average Bonchev–Trinajstić information content (AvgIpc) is 3.16. The SMILES string of the molecule is Cc1nc(COc2ccc(C(=O)OCC(=O)Nc3ncc(C(F)(F)F)cc3Cl)cc2)no1. The Morgan fingerprint density at radius 2 is 1.94 bits per heavy atom. The van der Waals surface area contributed by atoms with Gasteiger partial charge in [-0.25, -0.2) is 9.78 Å². The van der Waals surface area contributed by atoms with Crippen LogP contribution < -0.4 is 10.1 Å². The number of benzene rings is 1. The second kappa shape index (κ2) is 9.64. The number of ether oxygens (including phenoxy) is 2. The molecule has 3 aromatic rings. The molecule has 0 bridgehead atoms. The molecule has 0 saturated heterocycles. The number of alkyl halides is 3. The molecule has 0 unspecified atom stereocenters. The lowest BCUT2D eigenvalue weighted by atomic mass is 10.2. The molecule has 2 aromatic heterocycles. The number of aromatic nitrogens is 3. The second-order valence-electron chi connectivity index (χ2n) is 6.22. The van der Waals surface area contributed by atoms with Gasteiger partial charge in [0.15, 0.2) is 19.0 Å². The molecular formula is C19H14ClF3N4O5. The van der Waals surface area contributed by atoms with Gasteiger partial charge < -0.3 is 19.3 Å². The number of nitrogens with one attached hydrogen (secondary N) is 1. The predicted molar refractivity (Wildman–Crippen MR) is 103 cm³/mol. The van der Waals surface area contributed by atoms with E-state index in [9.17, 15) is 22.8 Å². The first-order chi connectivity index (χ1) is 15.1. The summed E-state index contributed by atoms with van der Waals surface area (Å²) >= 11 is 5.71. The predicted octanol–water partition coefficient (Wildman–Crippen LogP) is 3.82. The van der Waals surface area contributed by atoms with Gasteiger partial charge >= 0.3 is 12.1 Å². The van der Waals surface area contributed by atoms with E-state index in [1.165, 1.54) is 24.3 Å². The number of pyridine rings is 1. The molecule has 0 aliphatic carbocycles. The number of carbonyl (C=O) groups excluding carboxylic acids is 2. The Labute approximate surface area is 183 Å². The van der Waals surface area contributed by atoms with E-state index in [1.807, 2.05) is 0 Å². The van der Waals surface area contributed by atoms with Crippen molar-refractivity contribution in [2.75, 3.05) is 11.9 Å². The minimum atomic E-state index is -4.62. The molecule has 0 aliphatic rings. The summed E-state index contributed by atoms with van der Waals surface area (Å²) in [5, 5.41) is 5.44. The van der Waals surface area contributed by atoms with Gasteiger partial charge in [-0.2, -0.15) is 18.2 Å². The largest absolute Gasteiger partial charge is 0.485 e. The lowest BCUT2D eigenvalue weighted by Crippen LogP contribution is -2.22. The molecule has 0 spiro atoms. The Kier molecular flexibility index (Phi) is 6.93. The van der Waals surface area contributed by atoms with E-state index < -0.39 is 35.2 Å². The van der Waals surface area contributed by atoms with Crippen molar-refractivity contribution in [3.05, 3.63) is 64.4 Å². The molecule has 0 radical (unpaired) electrons. The molecule has 0 fully saturated rings. The fourth-order valence-corrected chi connectivity index (χ4v) is 2.52. The normalized spacial score (nSPS) is 11.2. The minimum absolute atomic E-state index is 0.0713. The Morgan fingerprint density at radius 1 is 1.22 bits per heavy atom. The van der Waals surface area contributed by atoms with Gasteiger partial charge in [0.25, 0.3) is 5.91 Å². The molecule has 9 nitrogen and oxygen atoms in total. The van der Waals surface area contributed by atoms with Gasteiger partial charge in [0.05, 0.1) is 16.1 Å². The number of carbonyl (C=O) groups is 2. The highest BCUT2D eigenvalue weighted by molar-refractivity contribution is 6.33. The number of aryl methyl sites for hydroxylation is 1. The highest BCUT2D eigenvalue weighted by Gasteiger charge is 2.31. The molecule has 0 saturated carbocycles. The summed E-state index contributed by atoms with van der Waals surface area (Å²) in [6, 6.07) is 6.49. The smallest absolute Gasteiger partial charge is 0.417 e. The molecule has 3 rings (SSSR count). The average molecular weight is 471 g/mol. The van der Waals surface area contributed by atoms with Crippen molar-refractivity contribution < 1.29 is 36.8 Å². The molecule has 1 aromatic carbocycles. The van der Waals surface area contributed by atoms with Gasteiger partial charge in [-0.3, -0.25) is 4.79 Å². The number of hydrogen-bond donors (Lipinski definition) is 1. The molecule has 32 heavy (non-hydrogen) atoms. The summed E-state index contributed by atoms with van der Waals surface area (Å²) in [6.07, 6.45) is -4.10. The Morgan fingerprint density at radius 3 is 2.53 bits per heavy atom. The van der Waals surface area contributed by atoms with Gasteiger partial charge in [-0.1, -0.05) is 16.8 Å². The van der Waals surface area contributed by atoms with E-state index in [0.29, 0.717) is 29.7 Å². The molecule has 1 amide bonds. The molecule has 0 atom stereocenters. The van der Waals surface area contributed by atoms with Gasteiger partial charge in [0.2, 0.25) is 11.7 Å². The molecule has 0 aliphatic heterocycles. The maximum atomic E-state index is 12.6. The summed E-state index contributed by atoms with van der Waals surface area (Å²) in [5.74, 6) is -0.722. The third kappa shape index (κ3) is 6.17. The van der Waals surface area contributed by atoms with Crippen LogP contribution in [0.25, 0.3) is 0 Å². The van der Waals surface area contributed by atoms with E-state index in [0.717, 1.165) is 0 Å². The van der Waals surface area contributed by atoms with Crippen LogP contribution in [0, 0.1) is 6.92 Å². The Balaban J connectivity index is 1.49. The fourth-order valence-electron chi connectivity index (χ4n) is 2.30. The van der Waals surface area contributed by atoms with Crippen LogP contribution in [0.3, 0.4) is 0 Å². The van der Waals surface area contributed by atoms with Crippen molar-refractivity contribution in [3.8, 4) is 5.75 Å². The first kappa shape index (κ1) is 23.0. The van der Waals surface area contributed by atoms with E-state index in [2.05, 4.69) is 20.4 Å². The summed E-state index contributed by atoms with van der Waals surface area (Å²) in [7, 11) is 0. The Bertz CT molecular complexity index is 1120. The standard InChI is InChI=1S/C19H14ClF3N4O5/c1-10-25-15(27-32-10)8-30-13-4-2-11(3-5-13)18(29)31-9-16(28)26-17-14(20)6-12(7-24-17)19(21,22)23/h2-7H,8-9H2,1H3,(H,24,26,28). The number of esters is 1. The van der Waals surface area contributed by atoms with E-state index >= 15 is 0 Å². The second-order valence-corrected chi connectivity index (χ2v) is 6.63. The van der Waals surface area contributed by atoms with Crippen LogP contribution >= 0.6 is 11.6 Å². The molecule has 13 heteroatoms. The quantitative estimate of drug-likeness (QED) is 0.518. The summed E-state index contributed by atoms with van der Waals surface area (Å²) in [4.78, 5) is 31.4. The fraction of sp³-hybridized carbons (Fsp3) is 0.211. The van der Waals surface area contributed by atoms with Crippen LogP contribution in [0.15, 0.2) is 41.1 Å². The van der Waals surface area contributed by atoms with Crippen molar-refractivity contribution in [3.63, 3.8) is 0 Å². The number of nitrogens with zero attached hydrogens (tertiary/aromatic N) is 3. The van der Waals surface area contributed by atoms with Crippen molar-refractivity contribution in [1.29, 1.82) is 0 Å². The molecular weight excluding hydrogens is 457 g/mol. The third-order valence-corrected chi connectivity index (χ3v) is 4.08. The lowest BCUT2D eigenvalue weighted by molar-refractivity contribution is -0.137. The van der Waals surface area contributed by atoms with Crippen molar-refractivity contribution in [1.82, 2.24) is 15.1 Å². The van der Waals surface area contributed by atoms with Crippen LogP contribution in [-0.4, -0.2) is 33.6 Å². The molecule has 1 N–H and O–H groups in total. The van der Waals surface area contributed by atoms with E-state index in [-0.39, 0.29) is 18.0 Å². The van der Waals surface area contributed by atoms with Gasteiger partial charge in [-0.15, -0.1) is 0 Å². The van der Waals surface area contributed by atoms with Crippen molar-refractivity contribution in [2.45, 2.75) is 19.7 Å². The highest BCUT2D eigenvalue weighted by atomic mass is 35.5. The zero-order valence-electron chi connectivity index (χ0n) is 16.3. The van der Waals surface area contributed by atoms with Crippen LogP contribution in [0.5, 0.6) is 5.75 Å².